The molecular weight excluding hydrogens is 274 g/mol. The Morgan fingerprint density at radius 1 is 1.23 bits per heavy atom. The number of rotatable bonds is 5. The lowest BCUT2D eigenvalue weighted by Crippen LogP contribution is -2.40. The van der Waals surface area contributed by atoms with Gasteiger partial charge in [0.2, 0.25) is 0 Å². The SMILES string of the molecule is CCC(C)(C)C1CCC(NC(=O)c2ccccc2OC)CC1. The van der Waals surface area contributed by atoms with Gasteiger partial charge >= 0.3 is 0 Å². The van der Waals surface area contributed by atoms with Crippen LogP contribution in [0.5, 0.6) is 5.75 Å². The maximum absolute atomic E-state index is 12.4. The van der Waals surface area contributed by atoms with Crippen molar-refractivity contribution in [3.63, 3.8) is 0 Å². The molecule has 2 rings (SSSR count). The van der Waals surface area contributed by atoms with Crippen molar-refractivity contribution in [3.05, 3.63) is 29.8 Å². The van der Waals surface area contributed by atoms with Gasteiger partial charge in [-0.2, -0.15) is 0 Å². The van der Waals surface area contributed by atoms with Crippen LogP contribution in [0.4, 0.5) is 0 Å². The Kier molecular flexibility index (Phi) is 5.49. The molecule has 1 aromatic rings. The molecule has 1 aliphatic carbocycles. The van der Waals surface area contributed by atoms with Crippen molar-refractivity contribution in [2.45, 2.75) is 58.9 Å². The molecule has 0 bridgehead atoms. The van der Waals surface area contributed by atoms with Crippen LogP contribution >= 0.6 is 0 Å². The average molecular weight is 303 g/mol. The van der Waals surface area contributed by atoms with Crippen LogP contribution < -0.4 is 10.1 Å². The Labute approximate surface area is 134 Å². The number of nitrogens with one attached hydrogen (secondary N) is 1. The number of carbonyl (C=O) groups excluding carboxylic acids is 1. The van der Waals surface area contributed by atoms with Gasteiger partial charge in [0.25, 0.3) is 5.91 Å². The summed E-state index contributed by atoms with van der Waals surface area (Å²) in [6, 6.07) is 7.70. The van der Waals surface area contributed by atoms with Crippen LogP contribution in [0.25, 0.3) is 0 Å². The second-order valence-corrected chi connectivity index (χ2v) is 7.06. The smallest absolute Gasteiger partial charge is 0.255 e. The Bertz CT molecular complexity index is 502. The Morgan fingerprint density at radius 3 is 2.45 bits per heavy atom. The first-order valence-corrected chi connectivity index (χ1v) is 8.41. The summed E-state index contributed by atoms with van der Waals surface area (Å²) in [7, 11) is 1.60. The van der Waals surface area contributed by atoms with Crippen LogP contribution in [0.15, 0.2) is 24.3 Å². The molecule has 0 aromatic heterocycles. The van der Waals surface area contributed by atoms with Crippen molar-refractivity contribution in [2.75, 3.05) is 7.11 Å². The molecule has 0 aliphatic heterocycles. The van der Waals surface area contributed by atoms with E-state index in [0.29, 0.717) is 22.8 Å². The van der Waals surface area contributed by atoms with Gasteiger partial charge in [-0.3, -0.25) is 4.79 Å². The highest BCUT2D eigenvalue weighted by Crippen LogP contribution is 2.40. The number of methoxy groups -OCH3 is 1. The molecule has 1 aromatic carbocycles. The molecule has 1 N–H and O–H groups in total. The summed E-state index contributed by atoms with van der Waals surface area (Å²) >= 11 is 0. The second kappa shape index (κ2) is 7.17. The minimum Gasteiger partial charge on any atom is -0.496 e. The van der Waals surface area contributed by atoms with Crippen molar-refractivity contribution in [1.82, 2.24) is 5.32 Å². The molecule has 1 fully saturated rings. The average Bonchev–Trinajstić information content (AvgIpc) is 2.55. The van der Waals surface area contributed by atoms with Gasteiger partial charge < -0.3 is 10.1 Å². The molecule has 0 heterocycles. The third-order valence-electron chi connectivity index (χ3n) is 5.43. The summed E-state index contributed by atoms with van der Waals surface area (Å²) in [5, 5.41) is 3.18. The number of amides is 1. The highest BCUT2D eigenvalue weighted by Gasteiger charge is 2.32. The molecule has 3 heteroatoms. The van der Waals surface area contributed by atoms with Gasteiger partial charge in [-0.1, -0.05) is 39.3 Å². The lowest BCUT2D eigenvalue weighted by molar-refractivity contribution is 0.0890. The van der Waals surface area contributed by atoms with Gasteiger partial charge in [0.1, 0.15) is 5.75 Å². The van der Waals surface area contributed by atoms with Crippen molar-refractivity contribution < 1.29 is 9.53 Å². The van der Waals surface area contributed by atoms with Crippen LogP contribution in [-0.4, -0.2) is 19.1 Å². The molecule has 1 saturated carbocycles. The number of hydrogen-bond acceptors (Lipinski definition) is 2. The largest absolute Gasteiger partial charge is 0.496 e. The first kappa shape index (κ1) is 16.9. The van der Waals surface area contributed by atoms with Crippen molar-refractivity contribution >= 4 is 5.91 Å². The summed E-state index contributed by atoms with van der Waals surface area (Å²) in [5.41, 5.74) is 1.04. The molecule has 3 nitrogen and oxygen atoms in total. The lowest BCUT2D eigenvalue weighted by Gasteiger charge is -2.39. The Balaban J connectivity index is 1.92. The molecule has 22 heavy (non-hydrogen) atoms. The zero-order valence-corrected chi connectivity index (χ0v) is 14.3. The first-order valence-electron chi connectivity index (χ1n) is 8.41. The van der Waals surface area contributed by atoms with Crippen molar-refractivity contribution in [2.24, 2.45) is 11.3 Å². The normalized spacial score (nSPS) is 22.2. The highest BCUT2D eigenvalue weighted by molar-refractivity contribution is 5.97. The van der Waals surface area contributed by atoms with E-state index < -0.39 is 0 Å². The van der Waals surface area contributed by atoms with Gasteiger partial charge in [0.15, 0.2) is 0 Å². The lowest BCUT2D eigenvalue weighted by atomic mass is 9.69. The predicted molar refractivity (Wildman–Crippen MR) is 90.3 cm³/mol. The first-order chi connectivity index (χ1) is 10.5. The second-order valence-electron chi connectivity index (χ2n) is 7.06. The van der Waals surface area contributed by atoms with E-state index >= 15 is 0 Å². The van der Waals surface area contributed by atoms with Gasteiger partial charge in [-0.25, -0.2) is 0 Å². The molecular formula is C19H29NO2. The van der Waals surface area contributed by atoms with E-state index in [9.17, 15) is 4.79 Å². The van der Waals surface area contributed by atoms with Gasteiger partial charge in [0, 0.05) is 6.04 Å². The van der Waals surface area contributed by atoms with Crippen molar-refractivity contribution in [3.8, 4) is 5.75 Å². The summed E-state index contributed by atoms with van der Waals surface area (Å²) in [6.07, 6.45) is 5.79. The zero-order chi connectivity index (χ0) is 16.2. The summed E-state index contributed by atoms with van der Waals surface area (Å²) in [5.74, 6) is 1.40. The van der Waals surface area contributed by atoms with Crippen LogP contribution in [0.3, 0.4) is 0 Å². The van der Waals surface area contributed by atoms with E-state index in [1.165, 1.54) is 19.3 Å². The van der Waals surface area contributed by atoms with Gasteiger partial charge in [-0.15, -0.1) is 0 Å². The Morgan fingerprint density at radius 2 is 1.86 bits per heavy atom. The van der Waals surface area contributed by atoms with Crippen LogP contribution in [0.1, 0.15) is 63.2 Å². The summed E-state index contributed by atoms with van der Waals surface area (Å²) < 4.78 is 5.27. The fraction of sp³-hybridized carbons (Fsp3) is 0.632. The summed E-state index contributed by atoms with van der Waals surface area (Å²) in [4.78, 5) is 12.4. The number of benzene rings is 1. The molecule has 122 valence electrons. The minimum atomic E-state index is -0.0179. The van der Waals surface area contributed by atoms with E-state index in [-0.39, 0.29) is 5.91 Å². The number of para-hydroxylation sites is 1. The van der Waals surface area contributed by atoms with Crippen LogP contribution in [0.2, 0.25) is 0 Å². The predicted octanol–water partition coefficient (Wildman–Crippen LogP) is 4.42. The maximum atomic E-state index is 12.4. The topological polar surface area (TPSA) is 38.3 Å². The molecule has 0 unspecified atom stereocenters. The van der Waals surface area contributed by atoms with E-state index in [1.807, 2.05) is 24.3 Å². The van der Waals surface area contributed by atoms with E-state index in [0.717, 1.165) is 18.8 Å². The zero-order valence-electron chi connectivity index (χ0n) is 14.3. The molecule has 0 spiro atoms. The monoisotopic (exact) mass is 303 g/mol. The van der Waals surface area contributed by atoms with Gasteiger partial charge in [-0.05, 0) is 49.1 Å². The van der Waals surface area contributed by atoms with E-state index in [2.05, 4.69) is 26.1 Å². The van der Waals surface area contributed by atoms with Crippen molar-refractivity contribution in [1.29, 1.82) is 0 Å². The fourth-order valence-electron chi connectivity index (χ4n) is 3.40. The van der Waals surface area contributed by atoms with E-state index in [1.54, 1.807) is 7.11 Å². The molecule has 0 atom stereocenters. The minimum absolute atomic E-state index is 0.0179. The third kappa shape index (κ3) is 3.82. The summed E-state index contributed by atoms with van der Waals surface area (Å²) in [6.45, 7) is 7.01. The standard InChI is InChI=1S/C19H29NO2/c1-5-19(2,3)14-10-12-15(13-11-14)20-18(21)16-8-6-7-9-17(16)22-4/h6-9,14-15H,5,10-13H2,1-4H3,(H,20,21). The molecule has 1 aliphatic rings. The number of hydrogen-bond donors (Lipinski definition) is 1. The van der Waals surface area contributed by atoms with E-state index in [4.69, 9.17) is 4.74 Å². The van der Waals surface area contributed by atoms with Crippen LogP contribution in [0, 0.1) is 11.3 Å². The Hall–Kier alpha value is -1.51. The molecule has 1 amide bonds. The fourth-order valence-corrected chi connectivity index (χ4v) is 3.40. The van der Waals surface area contributed by atoms with Crippen LogP contribution in [-0.2, 0) is 0 Å². The maximum Gasteiger partial charge on any atom is 0.255 e. The highest BCUT2D eigenvalue weighted by atomic mass is 16.5. The number of carbonyl (C=O) groups is 1. The third-order valence-corrected chi connectivity index (χ3v) is 5.43. The number of ether oxygens (including phenoxy) is 1. The molecule has 0 saturated heterocycles. The molecule has 0 radical (unpaired) electrons. The quantitative estimate of drug-likeness (QED) is 0.874. The van der Waals surface area contributed by atoms with Gasteiger partial charge in [0.05, 0.1) is 12.7 Å².